The van der Waals surface area contributed by atoms with E-state index in [2.05, 4.69) is 0 Å². The average molecular weight is 232 g/mol. The Morgan fingerprint density at radius 2 is 2.00 bits per heavy atom. The Bertz CT molecular complexity index is 498. The lowest BCUT2D eigenvalue weighted by atomic mass is 9.77. The fourth-order valence-corrected chi connectivity index (χ4v) is 2.15. The van der Waals surface area contributed by atoms with Crippen molar-refractivity contribution in [3.05, 3.63) is 34.9 Å². The third-order valence-electron chi connectivity index (χ3n) is 3.50. The van der Waals surface area contributed by atoms with E-state index in [1.165, 1.54) is 0 Å². The van der Waals surface area contributed by atoms with Crippen LogP contribution in [0.15, 0.2) is 23.8 Å². The van der Waals surface area contributed by atoms with Crippen LogP contribution in [0.4, 0.5) is 0 Å². The van der Waals surface area contributed by atoms with Gasteiger partial charge in [-0.25, -0.2) is 0 Å². The topological polar surface area (TPSA) is 57.5 Å². The summed E-state index contributed by atoms with van der Waals surface area (Å²) in [6.07, 6.45) is 3.28. The highest BCUT2D eigenvalue weighted by atomic mass is 16.4. The number of carbonyl (C=O) groups is 1. The van der Waals surface area contributed by atoms with Crippen LogP contribution in [-0.4, -0.2) is 16.2 Å². The summed E-state index contributed by atoms with van der Waals surface area (Å²) in [5, 5.41) is 18.9. The predicted molar refractivity (Wildman–Crippen MR) is 65.8 cm³/mol. The van der Waals surface area contributed by atoms with Crippen molar-refractivity contribution in [1.82, 2.24) is 0 Å². The minimum Gasteiger partial charge on any atom is -0.508 e. The van der Waals surface area contributed by atoms with Crippen LogP contribution in [0.5, 0.6) is 5.75 Å². The number of carboxylic acids is 1. The van der Waals surface area contributed by atoms with E-state index in [9.17, 15) is 15.0 Å². The molecule has 3 heteroatoms. The number of aromatic hydroxyl groups is 1. The normalized spacial score (nSPS) is 15.1. The predicted octanol–water partition coefficient (Wildman–Crippen LogP) is 2.83. The molecule has 0 radical (unpaired) electrons. The SMILES string of the molecule is CC(C)(C(=O)O)C1=Cc2cccc(O)c2CC1. The van der Waals surface area contributed by atoms with Gasteiger partial charge in [0, 0.05) is 5.56 Å². The lowest BCUT2D eigenvalue weighted by Gasteiger charge is -2.27. The van der Waals surface area contributed by atoms with Crippen LogP contribution in [0.1, 0.15) is 31.4 Å². The second-order valence-corrected chi connectivity index (χ2v) is 4.94. The van der Waals surface area contributed by atoms with Crippen LogP contribution in [-0.2, 0) is 11.2 Å². The molecule has 0 heterocycles. The molecule has 1 aromatic rings. The van der Waals surface area contributed by atoms with Crippen LogP contribution in [0.3, 0.4) is 0 Å². The Balaban J connectivity index is 2.46. The van der Waals surface area contributed by atoms with Crippen molar-refractivity contribution in [3.63, 3.8) is 0 Å². The van der Waals surface area contributed by atoms with Crippen molar-refractivity contribution in [3.8, 4) is 5.75 Å². The van der Waals surface area contributed by atoms with Gasteiger partial charge in [0.1, 0.15) is 5.75 Å². The molecule has 0 fully saturated rings. The Morgan fingerprint density at radius 3 is 2.65 bits per heavy atom. The summed E-state index contributed by atoms with van der Waals surface area (Å²) in [6.45, 7) is 3.43. The molecule has 90 valence electrons. The van der Waals surface area contributed by atoms with E-state index in [-0.39, 0.29) is 0 Å². The highest BCUT2D eigenvalue weighted by Crippen LogP contribution is 2.38. The van der Waals surface area contributed by atoms with Crippen molar-refractivity contribution < 1.29 is 15.0 Å². The third kappa shape index (κ3) is 1.93. The molecule has 0 bridgehead atoms. The molecule has 0 amide bonds. The number of rotatable bonds is 2. The second kappa shape index (κ2) is 3.91. The van der Waals surface area contributed by atoms with E-state index < -0.39 is 11.4 Å². The van der Waals surface area contributed by atoms with Gasteiger partial charge >= 0.3 is 5.97 Å². The molecule has 3 nitrogen and oxygen atoms in total. The van der Waals surface area contributed by atoms with Crippen molar-refractivity contribution in [2.24, 2.45) is 5.41 Å². The van der Waals surface area contributed by atoms with Gasteiger partial charge < -0.3 is 10.2 Å². The van der Waals surface area contributed by atoms with E-state index in [1.807, 2.05) is 12.1 Å². The highest BCUT2D eigenvalue weighted by molar-refractivity contribution is 5.81. The summed E-state index contributed by atoms with van der Waals surface area (Å²) in [7, 11) is 0. The number of carboxylic acid groups (broad SMARTS) is 1. The maximum Gasteiger partial charge on any atom is 0.313 e. The first kappa shape index (κ1) is 11.7. The lowest BCUT2D eigenvalue weighted by molar-refractivity contribution is -0.144. The van der Waals surface area contributed by atoms with E-state index in [1.54, 1.807) is 26.0 Å². The van der Waals surface area contributed by atoms with Gasteiger partial charge in [-0.3, -0.25) is 4.79 Å². The summed E-state index contributed by atoms with van der Waals surface area (Å²) in [6, 6.07) is 5.35. The summed E-state index contributed by atoms with van der Waals surface area (Å²) < 4.78 is 0. The third-order valence-corrected chi connectivity index (χ3v) is 3.50. The number of aliphatic carboxylic acids is 1. The highest BCUT2D eigenvalue weighted by Gasteiger charge is 2.33. The standard InChI is InChI=1S/C14H16O3/c1-14(2,13(16)17)10-6-7-11-9(8-10)4-3-5-12(11)15/h3-5,8,15H,6-7H2,1-2H3,(H,16,17). The molecule has 2 N–H and O–H groups in total. The summed E-state index contributed by atoms with van der Waals surface area (Å²) in [5.74, 6) is -0.515. The molecule has 0 aliphatic heterocycles. The number of phenols is 1. The zero-order valence-electron chi connectivity index (χ0n) is 10.0. The van der Waals surface area contributed by atoms with Gasteiger partial charge in [-0.2, -0.15) is 0 Å². The molecular weight excluding hydrogens is 216 g/mol. The molecule has 1 aliphatic carbocycles. The Morgan fingerprint density at radius 1 is 1.29 bits per heavy atom. The quantitative estimate of drug-likeness (QED) is 0.824. The smallest absolute Gasteiger partial charge is 0.313 e. The molecule has 2 rings (SSSR count). The van der Waals surface area contributed by atoms with E-state index in [0.29, 0.717) is 18.6 Å². The van der Waals surface area contributed by atoms with Crippen LogP contribution in [0, 0.1) is 5.41 Å². The van der Waals surface area contributed by atoms with Gasteiger partial charge in [-0.15, -0.1) is 0 Å². The summed E-state index contributed by atoms with van der Waals surface area (Å²) in [4.78, 5) is 11.2. The first-order valence-corrected chi connectivity index (χ1v) is 5.68. The van der Waals surface area contributed by atoms with Gasteiger partial charge in [0.2, 0.25) is 0 Å². The van der Waals surface area contributed by atoms with E-state index >= 15 is 0 Å². The zero-order chi connectivity index (χ0) is 12.6. The molecule has 17 heavy (non-hydrogen) atoms. The van der Waals surface area contributed by atoms with Crippen molar-refractivity contribution in [1.29, 1.82) is 0 Å². The molecule has 0 saturated carbocycles. The zero-order valence-corrected chi connectivity index (χ0v) is 10.0. The van der Waals surface area contributed by atoms with Crippen molar-refractivity contribution in [2.75, 3.05) is 0 Å². The number of phenolic OH excluding ortho intramolecular Hbond substituents is 1. The van der Waals surface area contributed by atoms with Gasteiger partial charge in [0.25, 0.3) is 0 Å². The minimum atomic E-state index is -0.844. The van der Waals surface area contributed by atoms with Gasteiger partial charge in [0.15, 0.2) is 0 Å². The molecule has 0 atom stereocenters. The van der Waals surface area contributed by atoms with Crippen LogP contribution >= 0.6 is 0 Å². The lowest BCUT2D eigenvalue weighted by Crippen LogP contribution is -2.27. The fraction of sp³-hybridized carbons (Fsp3) is 0.357. The Hall–Kier alpha value is -1.77. The molecule has 1 aliphatic rings. The Labute approximate surface area is 100 Å². The molecule has 0 aromatic heterocycles. The first-order valence-electron chi connectivity index (χ1n) is 5.68. The second-order valence-electron chi connectivity index (χ2n) is 4.94. The maximum absolute atomic E-state index is 11.2. The minimum absolute atomic E-state index is 0.297. The average Bonchev–Trinajstić information content (AvgIpc) is 2.28. The largest absolute Gasteiger partial charge is 0.508 e. The van der Waals surface area contributed by atoms with E-state index in [0.717, 1.165) is 16.7 Å². The monoisotopic (exact) mass is 232 g/mol. The molecular formula is C14H16O3. The number of hydrogen-bond acceptors (Lipinski definition) is 2. The number of benzene rings is 1. The van der Waals surface area contributed by atoms with Gasteiger partial charge in [0.05, 0.1) is 5.41 Å². The van der Waals surface area contributed by atoms with Crippen LogP contribution < -0.4 is 0 Å². The summed E-state index contributed by atoms with van der Waals surface area (Å²) >= 11 is 0. The van der Waals surface area contributed by atoms with Crippen molar-refractivity contribution in [2.45, 2.75) is 26.7 Å². The van der Waals surface area contributed by atoms with Gasteiger partial charge in [-0.1, -0.05) is 23.8 Å². The molecule has 1 aromatic carbocycles. The number of fused-ring (bicyclic) bond motifs is 1. The van der Waals surface area contributed by atoms with Crippen LogP contribution in [0.2, 0.25) is 0 Å². The molecule has 0 spiro atoms. The van der Waals surface area contributed by atoms with Gasteiger partial charge in [-0.05, 0) is 38.3 Å². The number of hydrogen-bond donors (Lipinski definition) is 2. The molecule has 0 saturated heterocycles. The van der Waals surface area contributed by atoms with E-state index in [4.69, 9.17) is 0 Å². The van der Waals surface area contributed by atoms with Crippen LogP contribution in [0.25, 0.3) is 6.08 Å². The fourth-order valence-electron chi connectivity index (χ4n) is 2.15. The van der Waals surface area contributed by atoms with Crippen molar-refractivity contribution >= 4 is 12.0 Å². The maximum atomic E-state index is 11.2. The first-order chi connectivity index (χ1) is 7.93. The molecule has 0 unspecified atom stereocenters. The summed E-state index contributed by atoms with van der Waals surface area (Å²) in [5.41, 5.74) is 1.91. The Kier molecular flexibility index (Phi) is 2.69.